The van der Waals surface area contributed by atoms with Crippen LogP contribution in [-0.4, -0.2) is 36.7 Å². The first-order valence-electron chi connectivity index (χ1n) is 9.37. The first-order chi connectivity index (χ1) is 14.2. The molecule has 1 N–H and O–H groups in total. The minimum Gasteiger partial charge on any atom is -0.302 e. The van der Waals surface area contributed by atoms with E-state index in [0.29, 0.717) is 17.5 Å². The van der Waals surface area contributed by atoms with E-state index in [4.69, 9.17) is 0 Å². The Morgan fingerprint density at radius 1 is 1.17 bits per heavy atom. The van der Waals surface area contributed by atoms with E-state index in [-0.39, 0.29) is 40.5 Å². The minimum atomic E-state index is -3.60. The topological polar surface area (TPSA) is 79.4 Å². The van der Waals surface area contributed by atoms with Gasteiger partial charge in [0, 0.05) is 25.1 Å². The van der Waals surface area contributed by atoms with Crippen molar-refractivity contribution in [2.24, 2.45) is 5.92 Å². The smallest absolute Gasteiger partial charge is 0.243 e. The summed E-state index contributed by atoms with van der Waals surface area (Å²) in [5.41, 5.74) is 0.984. The number of thiazole rings is 1. The molecule has 1 aliphatic rings. The molecular weight excluding hydrogens is 432 g/mol. The summed E-state index contributed by atoms with van der Waals surface area (Å²) >= 11 is 0.992. The number of fused-ring (bicyclic) bond motifs is 1. The minimum absolute atomic E-state index is 0.00992. The maximum absolute atomic E-state index is 13.8. The number of rotatable bonds is 4. The van der Waals surface area contributed by atoms with E-state index in [9.17, 15) is 22.0 Å². The summed E-state index contributed by atoms with van der Waals surface area (Å²) < 4.78 is 54.4. The Labute approximate surface area is 176 Å². The number of nitrogens with zero attached hydrogens (tertiary/aromatic N) is 2. The Kier molecular flexibility index (Phi) is 5.56. The highest BCUT2D eigenvalue weighted by Gasteiger charge is 2.32. The summed E-state index contributed by atoms with van der Waals surface area (Å²) in [6, 6.07) is 8.58. The van der Waals surface area contributed by atoms with Gasteiger partial charge in [0.1, 0.15) is 11.3 Å². The van der Waals surface area contributed by atoms with Crippen molar-refractivity contribution < 1.29 is 22.0 Å². The molecule has 0 bridgehead atoms. The summed E-state index contributed by atoms with van der Waals surface area (Å²) in [5, 5.41) is 2.84. The average molecular weight is 452 g/mol. The van der Waals surface area contributed by atoms with Crippen LogP contribution in [0.25, 0.3) is 10.2 Å². The highest BCUT2D eigenvalue weighted by molar-refractivity contribution is 7.89. The van der Waals surface area contributed by atoms with Gasteiger partial charge >= 0.3 is 0 Å². The number of nitrogens with one attached hydrogen (secondary N) is 1. The van der Waals surface area contributed by atoms with Crippen LogP contribution in [-0.2, 0) is 14.8 Å². The van der Waals surface area contributed by atoms with E-state index in [2.05, 4.69) is 10.3 Å². The number of amides is 1. The van der Waals surface area contributed by atoms with Crippen LogP contribution in [0.3, 0.4) is 0 Å². The normalized spacial score (nSPS) is 16.1. The molecule has 1 aliphatic heterocycles. The quantitative estimate of drug-likeness (QED) is 0.652. The predicted molar refractivity (Wildman–Crippen MR) is 111 cm³/mol. The Bertz CT molecular complexity index is 1200. The van der Waals surface area contributed by atoms with Gasteiger partial charge in [0.15, 0.2) is 10.9 Å². The summed E-state index contributed by atoms with van der Waals surface area (Å²) in [6.07, 6.45) is 0.732. The number of aryl methyl sites for hydroxylation is 1. The van der Waals surface area contributed by atoms with Gasteiger partial charge in [-0.2, -0.15) is 4.31 Å². The van der Waals surface area contributed by atoms with Crippen molar-refractivity contribution in [3.05, 3.63) is 53.6 Å². The number of benzene rings is 2. The number of aromatic nitrogens is 1. The maximum atomic E-state index is 13.8. The molecule has 1 fully saturated rings. The zero-order valence-electron chi connectivity index (χ0n) is 16.1. The number of sulfonamides is 1. The van der Waals surface area contributed by atoms with Gasteiger partial charge < -0.3 is 5.32 Å². The third-order valence-electron chi connectivity index (χ3n) is 5.13. The number of carbonyl (C=O) groups excluding carboxylic acids is 1. The van der Waals surface area contributed by atoms with E-state index in [0.717, 1.165) is 23.0 Å². The highest BCUT2D eigenvalue weighted by Crippen LogP contribution is 2.30. The molecule has 0 atom stereocenters. The van der Waals surface area contributed by atoms with E-state index in [1.807, 2.05) is 6.92 Å². The van der Waals surface area contributed by atoms with E-state index in [1.165, 1.54) is 10.4 Å². The standard InChI is InChI=1S/C20H19F2N3O3S2/c1-12-2-4-15(5-3-12)30(27,28)25-8-6-13(7-9-25)19(26)24-20-23-18-16(22)10-14(21)11-17(18)29-20/h2-5,10-11,13H,6-9H2,1H3,(H,23,24,26). The van der Waals surface area contributed by atoms with E-state index < -0.39 is 21.7 Å². The molecule has 0 radical (unpaired) electrons. The molecule has 1 saturated heterocycles. The zero-order valence-corrected chi connectivity index (χ0v) is 17.7. The lowest BCUT2D eigenvalue weighted by atomic mass is 9.97. The van der Waals surface area contributed by atoms with Crippen LogP contribution in [0.4, 0.5) is 13.9 Å². The molecule has 2 heterocycles. The van der Waals surface area contributed by atoms with Crippen molar-refractivity contribution in [2.45, 2.75) is 24.7 Å². The molecule has 0 spiro atoms. The van der Waals surface area contributed by atoms with Crippen LogP contribution in [0.1, 0.15) is 18.4 Å². The Hall–Kier alpha value is -2.43. The van der Waals surface area contributed by atoms with Crippen LogP contribution in [0.2, 0.25) is 0 Å². The third-order valence-corrected chi connectivity index (χ3v) is 7.96. The first-order valence-corrected chi connectivity index (χ1v) is 11.6. The fourth-order valence-electron chi connectivity index (χ4n) is 3.44. The van der Waals surface area contributed by atoms with Crippen LogP contribution in [0, 0.1) is 24.5 Å². The number of piperidine rings is 1. The molecule has 3 aromatic rings. The molecule has 0 saturated carbocycles. The van der Waals surface area contributed by atoms with Gasteiger partial charge in [-0.1, -0.05) is 29.0 Å². The van der Waals surface area contributed by atoms with Crippen LogP contribution in [0.15, 0.2) is 41.3 Å². The van der Waals surface area contributed by atoms with E-state index in [1.54, 1.807) is 24.3 Å². The van der Waals surface area contributed by atoms with E-state index >= 15 is 0 Å². The number of anilines is 1. The van der Waals surface area contributed by atoms with Crippen LogP contribution < -0.4 is 5.32 Å². The number of hydrogen-bond donors (Lipinski definition) is 1. The second-order valence-electron chi connectivity index (χ2n) is 7.23. The molecule has 0 unspecified atom stereocenters. The van der Waals surface area contributed by atoms with Gasteiger partial charge in [0.2, 0.25) is 15.9 Å². The second-order valence-corrected chi connectivity index (χ2v) is 10.2. The lowest BCUT2D eigenvalue weighted by Gasteiger charge is -2.30. The fourth-order valence-corrected chi connectivity index (χ4v) is 5.81. The third kappa shape index (κ3) is 4.07. The van der Waals surface area contributed by atoms with Crippen molar-refractivity contribution in [1.29, 1.82) is 0 Å². The molecule has 10 heteroatoms. The van der Waals surface area contributed by atoms with Gasteiger partial charge in [-0.3, -0.25) is 4.79 Å². The number of halogens is 2. The lowest BCUT2D eigenvalue weighted by Crippen LogP contribution is -2.41. The molecular formula is C20H19F2N3O3S2. The van der Waals surface area contributed by atoms with Crippen molar-refractivity contribution in [3.8, 4) is 0 Å². The molecule has 1 aromatic heterocycles. The second kappa shape index (κ2) is 8.01. The SMILES string of the molecule is Cc1ccc(S(=O)(=O)N2CCC(C(=O)Nc3nc4c(F)cc(F)cc4s3)CC2)cc1. The Morgan fingerprint density at radius 2 is 1.83 bits per heavy atom. The van der Waals surface area contributed by atoms with Crippen molar-refractivity contribution in [3.63, 3.8) is 0 Å². The summed E-state index contributed by atoms with van der Waals surface area (Å²) in [7, 11) is -3.60. The first kappa shape index (κ1) is 20.8. The average Bonchev–Trinajstić information content (AvgIpc) is 3.11. The Morgan fingerprint density at radius 3 is 2.50 bits per heavy atom. The molecule has 1 amide bonds. The highest BCUT2D eigenvalue weighted by atomic mass is 32.2. The zero-order chi connectivity index (χ0) is 21.5. The van der Waals surface area contributed by atoms with Crippen molar-refractivity contribution in [2.75, 3.05) is 18.4 Å². The maximum Gasteiger partial charge on any atom is 0.243 e. The molecule has 158 valence electrons. The monoisotopic (exact) mass is 451 g/mol. The van der Waals surface area contributed by atoms with Crippen LogP contribution >= 0.6 is 11.3 Å². The van der Waals surface area contributed by atoms with Crippen molar-refractivity contribution >= 4 is 42.6 Å². The molecule has 2 aromatic carbocycles. The number of carbonyl (C=O) groups is 1. The summed E-state index contributed by atoms with van der Waals surface area (Å²) in [5.74, 6) is -2.18. The van der Waals surface area contributed by atoms with Crippen LogP contribution in [0.5, 0.6) is 0 Å². The summed E-state index contributed by atoms with van der Waals surface area (Å²) in [6.45, 7) is 2.35. The molecule has 30 heavy (non-hydrogen) atoms. The predicted octanol–water partition coefficient (Wildman–Crippen LogP) is 3.92. The largest absolute Gasteiger partial charge is 0.302 e. The Balaban J connectivity index is 1.41. The number of hydrogen-bond acceptors (Lipinski definition) is 5. The molecule has 6 nitrogen and oxygen atoms in total. The lowest BCUT2D eigenvalue weighted by molar-refractivity contribution is -0.120. The van der Waals surface area contributed by atoms with Gasteiger partial charge in [-0.05, 0) is 38.0 Å². The van der Waals surface area contributed by atoms with Gasteiger partial charge in [0.25, 0.3) is 0 Å². The fraction of sp³-hybridized carbons (Fsp3) is 0.300. The molecule has 0 aliphatic carbocycles. The van der Waals surface area contributed by atoms with Gasteiger partial charge in [-0.25, -0.2) is 22.2 Å². The van der Waals surface area contributed by atoms with Gasteiger partial charge in [-0.15, -0.1) is 0 Å². The summed E-state index contributed by atoms with van der Waals surface area (Å²) in [4.78, 5) is 16.8. The van der Waals surface area contributed by atoms with Gasteiger partial charge in [0.05, 0.1) is 9.60 Å². The van der Waals surface area contributed by atoms with Crippen molar-refractivity contribution in [1.82, 2.24) is 9.29 Å². The molecule has 4 rings (SSSR count).